The van der Waals surface area contributed by atoms with E-state index in [4.69, 9.17) is 5.73 Å². The van der Waals surface area contributed by atoms with E-state index in [2.05, 4.69) is 28.2 Å². The number of hydrogen-bond acceptors (Lipinski definition) is 4. The summed E-state index contributed by atoms with van der Waals surface area (Å²) in [6, 6.07) is 9.94. The van der Waals surface area contributed by atoms with Gasteiger partial charge < -0.3 is 16.0 Å². The summed E-state index contributed by atoms with van der Waals surface area (Å²) >= 11 is 0. The fourth-order valence-electron chi connectivity index (χ4n) is 3.61. The molecule has 7 heteroatoms. The molecule has 0 unspecified atom stereocenters. The van der Waals surface area contributed by atoms with Gasteiger partial charge in [-0.05, 0) is 47.9 Å². The average molecular weight is 375 g/mol. The van der Waals surface area contributed by atoms with Gasteiger partial charge in [0.15, 0.2) is 0 Å². The Balaban J connectivity index is 1.82. The number of H-pyrrole nitrogens is 1. The third-order valence-corrected chi connectivity index (χ3v) is 5.19. The second-order valence-electron chi connectivity index (χ2n) is 7.01. The van der Waals surface area contributed by atoms with E-state index in [1.165, 1.54) is 0 Å². The predicted octanol–water partition coefficient (Wildman–Crippen LogP) is 2.58. The highest BCUT2D eigenvalue weighted by atomic mass is 16.2. The van der Waals surface area contributed by atoms with Crippen LogP contribution in [-0.2, 0) is 11.3 Å². The predicted molar refractivity (Wildman–Crippen MR) is 109 cm³/mol. The van der Waals surface area contributed by atoms with Crippen LogP contribution in [0.3, 0.4) is 0 Å². The number of carbonyl (C=O) groups is 2. The summed E-state index contributed by atoms with van der Waals surface area (Å²) in [6.07, 6.45) is 0. The van der Waals surface area contributed by atoms with Crippen molar-refractivity contribution >= 4 is 28.4 Å². The van der Waals surface area contributed by atoms with Crippen molar-refractivity contribution in [2.75, 3.05) is 18.9 Å². The van der Waals surface area contributed by atoms with Gasteiger partial charge in [0.25, 0.3) is 5.91 Å². The number of benzene rings is 2. The number of fused-ring (bicyclic) bond motifs is 2. The number of nitrogens with one attached hydrogen (secondary N) is 2. The summed E-state index contributed by atoms with van der Waals surface area (Å²) in [7, 11) is 1.82. The fourth-order valence-corrected chi connectivity index (χ4v) is 3.61. The average Bonchev–Trinajstić information content (AvgIpc) is 3.21. The van der Waals surface area contributed by atoms with E-state index in [9.17, 15) is 9.59 Å². The number of hydrogen-bond donors (Lipinski definition) is 3. The van der Waals surface area contributed by atoms with E-state index in [1.54, 1.807) is 4.90 Å². The van der Waals surface area contributed by atoms with Crippen LogP contribution in [0.4, 0.5) is 5.69 Å². The van der Waals surface area contributed by atoms with Crippen molar-refractivity contribution in [2.45, 2.75) is 13.5 Å². The minimum absolute atomic E-state index is 0.122. The van der Waals surface area contributed by atoms with E-state index in [0.29, 0.717) is 12.1 Å². The molecule has 28 heavy (non-hydrogen) atoms. The van der Waals surface area contributed by atoms with Crippen LogP contribution in [0, 0.1) is 6.92 Å². The Bertz CT molecular complexity index is 1150. The molecule has 0 atom stereocenters. The molecular weight excluding hydrogens is 354 g/mol. The highest BCUT2D eigenvalue weighted by molar-refractivity contribution is 6.03. The maximum Gasteiger partial charge on any atom is 0.254 e. The SMILES string of the molecule is C=C(CN1Cc2c(cc(NC)cc2-c2ccc3n[nH]c(C)c3c2)C1=O)C(N)=O. The zero-order valence-corrected chi connectivity index (χ0v) is 15.8. The molecule has 3 aromatic rings. The van der Waals surface area contributed by atoms with Crippen molar-refractivity contribution in [3.8, 4) is 11.1 Å². The van der Waals surface area contributed by atoms with E-state index in [-0.39, 0.29) is 18.0 Å². The Morgan fingerprint density at radius 2 is 2.07 bits per heavy atom. The van der Waals surface area contributed by atoms with E-state index < -0.39 is 5.91 Å². The molecule has 0 radical (unpaired) electrons. The number of carbonyl (C=O) groups excluding carboxylic acids is 2. The van der Waals surface area contributed by atoms with Gasteiger partial charge in [0.2, 0.25) is 5.91 Å². The lowest BCUT2D eigenvalue weighted by Crippen LogP contribution is -2.30. The zero-order chi connectivity index (χ0) is 20.0. The molecule has 2 aromatic carbocycles. The third kappa shape index (κ3) is 2.81. The Morgan fingerprint density at radius 1 is 1.32 bits per heavy atom. The van der Waals surface area contributed by atoms with Gasteiger partial charge in [-0.2, -0.15) is 5.10 Å². The first-order chi connectivity index (χ1) is 13.4. The van der Waals surface area contributed by atoms with Crippen molar-refractivity contribution < 1.29 is 9.59 Å². The number of aromatic amines is 1. The number of nitrogens with zero attached hydrogens (tertiary/aromatic N) is 2. The minimum Gasteiger partial charge on any atom is -0.388 e. The number of amides is 2. The topological polar surface area (TPSA) is 104 Å². The number of nitrogens with two attached hydrogens (primary N) is 1. The Labute approximate surface area is 162 Å². The molecule has 1 aliphatic rings. The molecule has 0 fully saturated rings. The smallest absolute Gasteiger partial charge is 0.254 e. The van der Waals surface area contributed by atoms with Crippen molar-refractivity contribution in [3.63, 3.8) is 0 Å². The van der Waals surface area contributed by atoms with Crippen LogP contribution < -0.4 is 11.1 Å². The number of aryl methyl sites for hydroxylation is 1. The Hall–Kier alpha value is -3.61. The second kappa shape index (κ2) is 6.53. The highest BCUT2D eigenvalue weighted by Crippen LogP contribution is 2.37. The van der Waals surface area contributed by atoms with Gasteiger partial charge >= 0.3 is 0 Å². The number of anilines is 1. The van der Waals surface area contributed by atoms with Crippen LogP contribution in [0.15, 0.2) is 42.5 Å². The summed E-state index contributed by atoms with van der Waals surface area (Å²) in [5.74, 6) is -0.725. The van der Waals surface area contributed by atoms with Gasteiger partial charge in [-0.15, -0.1) is 0 Å². The molecular formula is C21H21N5O2. The lowest BCUT2D eigenvalue weighted by atomic mass is 9.95. The fraction of sp³-hybridized carbons (Fsp3) is 0.190. The van der Waals surface area contributed by atoms with Crippen molar-refractivity contribution in [3.05, 3.63) is 59.3 Å². The maximum absolute atomic E-state index is 12.9. The van der Waals surface area contributed by atoms with Gasteiger partial charge in [-0.25, -0.2) is 0 Å². The molecule has 0 saturated carbocycles. The maximum atomic E-state index is 12.9. The first-order valence-corrected chi connectivity index (χ1v) is 8.95. The van der Waals surface area contributed by atoms with Crippen LogP contribution >= 0.6 is 0 Å². The molecule has 2 heterocycles. The molecule has 0 saturated heterocycles. The molecule has 0 aliphatic carbocycles. The molecule has 1 aromatic heterocycles. The van der Waals surface area contributed by atoms with Gasteiger partial charge in [-0.1, -0.05) is 12.6 Å². The Morgan fingerprint density at radius 3 is 2.79 bits per heavy atom. The monoisotopic (exact) mass is 375 g/mol. The number of rotatable bonds is 5. The third-order valence-electron chi connectivity index (χ3n) is 5.19. The Kier molecular flexibility index (Phi) is 4.15. The molecule has 0 spiro atoms. The normalized spacial score (nSPS) is 13.1. The van der Waals surface area contributed by atoms with Crippen molar-refractivity contribution in [1.29, 1.82) is 0 Å². The van der Waals surface area contributed by atoms with E-state index in [0.717, 1.165) is 39.0 Å². The first kappa shape index (κ1) is 17.8. The standard InChI is InChI=1S/C21H21N5O2/c1-11(20(22)27)9-26-10-18-16(7-14(23-3)8-17(18)21(26)28)13-4-5-19-15(6-13)12(2)24-25-19/h4-8,23H,1,9-10H2,2-3H3,(H2,22,27)(H,24,25). The van der Waals surface area contributed by atoms with Gasteiger partial charge in [0.1, 0.15) is 0 Å². The van der Waals surface area contributed by atoms with Crippen LogP contribution in [0.5, 0.6) is 0 Å². The van der Waals surface area contributed by atoms with Crippen LogP contribution in [0.25, 0.3) is 22.0 Å². The molecule has 1 aliphatic heterocycles. The lowest BCUT2D eigenvalue weighted by molar-refractivity contribution is -0.114. The van der Waals surface area contributed by atoms with E-state index >= 15 is 0 Å². The summed E-state index contributed by atoms with van der Waals surface area (Å²) < 4.78 is 0. The zero-order valence-electron chi connectivity index (χ0n) is 15.8. The van der Waals surface area contributed by atoms with Crippen LogP contribution in [0.2, 0.25) is 0 Å². The van der Waals surface area contributed by atoms with Crippen molar-refractivity contribution in [2.24, 2.45) is 5.73 Å². The van der Waals surface area contributed by atoms with Crippen LogP contribution in [-0.4, -0.2) is 40.5 Å². The second-order valence-corrected chi connectivity index (χ2v) is 7.01. The quantitative estimate of drug-likeness (QED) is 0.596. The number of aromatic nitrogens is 2. The summed E-state index contributed by atoms with van der Waals surface area (Å²) in [5, 5.41) is 11.4. The molecule has 2 amide bonds. The van der Waals surface area contributed by atoms with Gasteiger partial charge in [0.05, 0.1) is 12.1 Å². The molecule has 7 nitrogen and oxygen atoms in total. The lowest BCUT2D eigenvalue weighted by Gasteiger charge is -2.15. The summed E-state index contributed by atoms with van der Waals surface area (Å²) in [5.41, 5.74) is 11.8. The van der Waals surface area contributed by atoms with E-state index in [1.807, 2.05) is 38.2 Å². The van der Waals surface area contributed by atoms with Crippen LogP contribution in [0.1, 0.15) is 21.6 Å². The largest absolute Gasteiger partial charge is 0.388 e. The van der Waals surface area contributed by atoms with Crippen molar-refractivity contribution in [1.82, 2.24) is 15.1 Å². The molecule has 0 bridgehead atoms. The molecule has 4 N–H and O–H groups in total. The van der Waals surface area contributed by atoms with Gasteiger partial charge in [0, 0.05) is 41.5 Å². The first-order valence-electron chi connectivity index (χ1n) is 8.95. The number of primary amides is 1. The minimum atomic E-state index is -0.597. The summed E-state index contributed by atoms with van der Waals surface area (Å²) in [6.45, 7) is 6.18. The summed E-state index contributed by atoms with van der Waals surface area (Å²) in [4.78, 5) is 25.9. The highest BCUT2D eigenvalue weighted by Gasteiger charge is 2.31. The molecule has 4 rings (SSSR count). The molecule has 142 valence electrons. The van der Waals surface area contributed by atoms with Gasteiger partial charge in [-0.3, -0.25) is 14.7 Å².